The molecule has 0 aliphatic rings. The number of carbonyl (C=O) groups is 2. The molecule has 3 rings (SSSR count). The Hall–Kier alpha value is -3.21. The van der Waals surface area contributed by atoms with Crippen LogP contribution in [0.2, 0.25) is 0 Å². The third kappa shape index (κ3) is 4.50. The predicted molar refractivity (Wildman–Crippen MR) is 105 cm³/mol. The Morgan fingerprint density at radius 2 is 2.04 bits per heavy atom. The Balaban J connectivity index is 1.92. The van der Waals surface area contributed by atoms with Crippen LogP contribution in [0.3, 0.4) is 0 Å². The number of ether oxygens (including phenoxy) is 1. The fourth-order valence-corrected chi connectivity index (χ4v) is 2.98. The summed E-state index contributed by atoms with van der Waals surface area (Å²) in [4.78, 5) is 31.1. The highest BCUT2D eigenvalue weighted by Gasteiger charge is 2.12. The molecule has 0 saturated carbocycles. The molecule has 27 heavy (non-hydrogen) atoms. The largest absolute Gasteiger partial charge is 0.463 e. The number of nitrogens with one attached hydrogen (secondary N) is 1. The van der Waals surface area contributed by atoms with Crippen LogP contribution in [0.15, 0.2) is 55.4 Å². The summed E-state index contributed by atoms with van der Waals surface area (Å²) in [6.45, 7) is 7.17. The minimum Gasteiger partial charge on any atom is -0.463 e. The average Bonchev–Trinajstić information content (AvgIpc) is 3.04. The van der Waals surface area contributed by atoms with E-state index in [-0.39, 0.29) is 24.3 Å². The van der Waals surface area contributed by atoms with Crippen molar-refractivity contribution in [3.63, 3.8) is 0 Å². The zero-order valence-electron chi connectivity index (χ0n) is 15.5. The number of allylic oxidation sites excluding steroid dienone is 1. The molecule has 2 aromatic heterocycles. The maximum absolute atomic E-state index is 11.9. The van der Waals surface area contributed by atoms with Crippen LogP contribution in [0.5, 0.6) is 0 Å². The first-order valence-corrected chi connectivity index (χ1v) is 8.86. The molecule has 0 unspecified atom stereocenters. The fraction of sp³-hybridized carbons (Fsp3) is 0.227. The van der Waals surface area contributed by atoms with E-state index in [0.717, 1.165) is 33.3 Å². The molecular formula is C22H22N2O3. The minimum atomic E-state index is -0.270. The summed E-state index contributed by atoms with van der Waals surface area (Å²) < 4.78 is 5.21. The van der Waals surface area contributed by atoms with Crippen molar-refractivity contribution in [3.8, 4) is 11.1 Å². The first-order chi connectivity index (χ1) is 13.0. The zero-order chi connectivity index (χ0) is 19.4. The van der Waals surface area contributed by atoms with Crippen LogP contribution in [-0.4, -0.2) is 27.8 Å². The maximum Gasteiger partial charge on any atom is 0.310 e. The summed E-state index contributed by atoms with van der Waals surface area (Å²) in [5.41, 5.74) is 4.44. The van der Waals surface area contributed by atoms with Gasteiger partial charge in [0.05, 0.1) is 12.5 Å². The highest BCUT2D eigenvalue weighted by molar-refractivity contribution is 5.95. The summed E-state index contributed by atoms with van der Waals surface area (Å²) in [5.74, 6) is -0.285. The number of aromatic amines is 1. The maximum atomic E-state index is 11.9. The van der Waals surface area contributed by atoms with E-state index in [2.05, 4.69) is 16.5 Å². The van der Waals surface area contributed by atoms with Gasteiger partial charge >= 0.3 is 5.97 Å². The molecule has 0 bridgehead atoms. The lowest BCUT2D eigenvalue weighted by molar-refractivity contribution is -0.146. The summed E-state index contributed by atoms with van der Waals surface area (Å²) in [5, 5.41) is 0.928. The van der Waals surface area contributed by atoms with Gasteiger partial charge in [-0.1, -0.05) is 30.8 Å². The number of ketones is 1. The molecule has 0 spiro atoms. The van der Waals surface area contributed by atoms with Crippen LogP contribution in [0.25, 0.3) is 22.2 Å². The molecular weight excluding hydrogens is 340 g/mol. The molecule has 1 aromatic carbocycles. The zero-order valence-corrected chi connectivity index (χ0v) is 15.5. The Morgan fingerprint density at radius 1 is 1.22 bits per heavy atom. The van der Waals surface area contributed by atoms with Gasteiger partial charge in [-0.15, -0.1) is 0 Å². The number of pyridine rings is 1. The average molecular weight is 362 g/mol. The number of carbonyl (C=O) groups excluding carboxylic acids is 2. The molecule has 1 N–H and O–H groups in total. The number of hydrogen-bond acceptors (Lipinski definition) is 4. The van der Waals surface area contributed by atoms with Crippen LogP contribution < -0.4 is 0 Å². The topological polar surface area (TPSA) is 72.0 Å². The Labute approximate surface area is 158 Å². The van der Waals surface area contributed by atoms with Gasteiger partial charge in [0.2, 0.25) is 0 Å². The van der Waals surface area contributed by atoms with Gasteiger partial charge in [0.1, 0.15) is 5.65 Å². The lowest BCUT2D eigenvalue weighted by Gasteiger charge is -2.08. The van der Waals surface area contributed by atoms with Crippen molar-refractivity contribution < 1.29 is 14.3 Å². The fourth-order valence-electron chi connectivity index (χ4n) is 2.98. The molecule has 138 valence electrons. The smallest absolute Gasteiger partial charge is 0.310 e. The Bertz CT molecular complexity index is 1000. The van der Waals surface area contributed by atoms with Gasteiger partial charge in [-0.2, -0.15) is 0 Å². The number of fused-ring (bicyclic) bond motifs is 1. The predicted octanol–water partition coefficient (Wildman–Crippen LogP) is 4.02. The van der Waals surface area contributed by atoms with E-state index in [4.69, 9.17) is 4.74 Å². The monoisotopic (exact) mass is 362 g/mol. The van der Waals surface area contributed by atoms with Crippen molar-refractivity contribution in [1.82, 2.24) is 9.97 Å². The van der Waals surface area contributed by atoms with Crippen LogP contribution >= 0.6 is 0 Å². The van der Waals surface area contributed by atoms with E-state index in [1.54, 1.807) is 6.20 Å². The van der Waals surface area contributed by atoms with Crippen molar-refractivity contribution in [1.29, 1.82) is 0 Å². The first-order valence-electron chi connectivity index (χ1n) is 8.86. The molecule has 0 atom stereocenters. The van der Waals surface area contributed by atoms with E-state index in [1.165, 1.54) is 6.08 Å². The molecule has 0 fully saturated rings. The second-order valence-corrected chi connectivity index (χ2v) is 6.71. The van der Waals surface area contributed by atoms with Gasteiger partial charge in [-0.05, 0) is 42.7 Å². The molecule has 5 heteroatoms. The van der Waals surface area contributed by atoms with Gasteiger partial charge in [0.15, 0.2) is 5.78 Å². The quantitative estimate of drug-likeness (QED) is 0.509. The standard InChI is InChI=1S/C22H22N2O3/c1-4-18(25)9-15-6-5-7-17(8-15)20-13-24-22-19(20)10-16(12-23-22)11-21(26)27-14(2)3/h4-8,10,12-14H,1,9,11H2,2-3H3,(H,23,24). The van der Waals surface area contributed by atoms with Crippen molar-refractivity contribution in [2.75, 3.05) is 0 Å². The summed E-state index contributed by atoms with van der Waals surface area (Å²) >= 11 is 0. The van der Waals surface area contributed by atoms with Crippen LogP contribution in [0, 0.1) is 0 Å². The van der Waals surface area contributed by atoms with E-state index >= 15 is 0 Å². The highest BCUT2D eigenvalue weighted by atomic mass is 16.5. The van der Waals surface area contributed by atoms with E-state index < -0.39 is 0 Å². The normalized spacial score (nSPS) is 10.9. The number of benzene rings is 1. The third-order valence-corrected chi connectivity index (χ3v) is 4.15. The molecule has 0 saturated heterocycles. The lowest BCUT2D eigenvalue weighted by atomic mass is 10.00. The number of rotatable bonds is 7. The van der Waals surface area contributed by atoms with Gasteiger partial charge < -0.3 is 9.72 Å². The second-order valence-electron chi connectivity index (χ2n) is 6.71. The lowest BCUT2D eigenvalue weighted by Crippen LogP contribution is -2.13. The molecule has 0 aliphatic carbocycles. The van der Waals surface area contributed by atoms with Gasteiger partial charge in [-0.3, -0.25) is 9.59 Å². The third-order valence-electron chi connectivity index (χ3n) is 4.15. The van der Waals surface area contributed by atoms with Gasteiger partial charge in [-0.25, -0.2) is 4.98 Å². The van der Waals surface area contributed by atoms with E-state index in [0.29, 0.717) is 6.42 Å². The highest BCUT2D eigenvalue weighted by Crippen LogP contribution is 2.29. The Morgan fingerprint density at radius 3 is 2.78 bits per heavy atom. The van der Waals surface area contributed by atoms with Gasteiger partial charge in [0.25, 0.3) is 0 Å². The first kappa shape index (κ1) is 18.6. The van der Waals surface area contributed by atoms with Crippen molar-refractivity contribution >= 4 is 22.8 Å². The molecule has 5 nitrogen and oxygen atoms in total. The van der Waals surface area contributed by atoms with Gasteiger partial charge in [0, 0.05) is 29.8 Å². The number of H-pyrrole nitrogens is 1. The number of esters is 1. The molecule has 0 aliphatic heterocycles. The van der Waals surface area contributed by atoms with Crippen molar-refractivity contribution in [2.24, 2.45) is 0 Å². The number of nitrogens with zero attached hydrogens (tertiary/aromatic N) is 1. The number of aromatic nitrogens is 2. The summed E-state index contributed by atoms with van der Waals surface area (Å²) in [6.07, 6.45) is 5.28. The van der Waals surface area contributed by atoms with Crippen molar-refractivity contribution in [2.45, 2.75) is 32.8 Å². The van der Waals surface area contributed by atoms with Crippen LogP contribution in [0.4, 0.5) is 0 Å². The molecule has 0 amide bonds. The molecule has 0 radical (unpaired) electrons. The minimum absolute atomic E-state index is 0.0151. The SMILES string of the molecule is C=CC(=O)Cc1cccc(-c2c[nH]c3ncc(CC(=O)OC(C)C)cc23)c1. The molecule has 2 heterocycles. The van der Waals surface area contributed by atoms with E-state index in [1.807, 2.05) is 50.4 Å². The van der Waals surface area contributed by atoms with E-state index in [9.17, 15) is 9.59 Å². The molecule has 3 aromatic rings. The van der Waals surface area contributed by atoms with Crippen molar-refractivity contribution in [3.05, 3.63) is 66.5 Å². The summed E-state index contributed by atoms with van der Waals surface area (Å²) in [6, 6.07) is 9.79. The second kappa shape index (κ2) is 7.99. The number of hydrogen-bond donors (Lipinski definition) is 1. The van der Waals surface area contributed by atoms with Crippen LogP contribution in [0.1, 0.15) is 25.0 Å². The Kier molecular flexibility index (Phi) is 5.50. The van der Waals surface area contributed by atoms with Crippen LogP contribution in [-0.2, 0) is 27.2 Å². The summed E-state index contributed by atoms with van der Waals surface area (Å²) in [7, 11) is 0.